The van der Waals surface area contributed by atoms with E-state index in [0.29, 0.717) is 0 Å². The summed E-state index contributed by atoms with van der Waals surface area (Å²) in [6.45, 7) is 6.09. The average molecular weight is 181 g/mol. The quantitative estimate of drug-likeness (QED) is 0.667. The molecular weight excluding hydrogens is 158 g/mol. The highest BCUT2D eigenvalue weighted by Crippen LogP contribution is 2.33. The van der Waals surface area contributed by atoms with Gasteiger partial charge in [0.25, 0.3) is 0 Å². The summed E-state index contributed by atoms with van der Waals surface area (Å²) in [7, 11) is 0. The third-order valence-corrected chi connectivity index (χ3v) is 3.16. The van der Waals surface area contributed by atoms with Crippen molar-refractivity contribution in [1.82, 2.24) is 0 Å². The molecule has 1 nitrogen and oxygen atoms in total. The molecule has 1 aliphatic carbocycles. The van der Waals surface area contributed by atoms with E-state index in [-0.39, 0.29) is 0 Å². The Hall–Kier alpha value is -0.460. The third-order valence-electron chi connectivity index (χ3n) is 3.16. The van der Waals surface area contributed by atoms with Crippen molar-refractivity contribution in [2.24, 2.45) is 17.6 Å². The summed E-state index contributed by atoms with van der Waals surface area (Å²) in [5.41, 5.74) is 6.37. The van der Waals surface area contributed by atoms with Crippen LogP contribution in [0, 0.1) is 11.8 Å². The molecule has 0 aromatic rings. The molecule has 1 unspecified atom stereocenters. The average Bonchev–Trinajstić information content (AvgIpc) is 1.96. The van der Waals surface area contributed by atoms with Gasteiger partial charge in [0, 0.05) is 5.70 Å². The van der Waals surface area contributed by atoms with E-state index in [9.17, 15) is 0 Å². The van der Waals surface area contributed by atoms with E-state index >= 15 is 0 Å². The number of hydrogen-bond acceptors (Lipinski definition) is 1. The first-order valence-electron chi connectivity index (χ1n) is 5.61. The number of rotatable bonds is 6. The molecule has 2 N–H and O–H groups in total. The molecule has 0 aliphatic heterocycles. The van der Waals surface area contributed by atoms with Crippen molar-refractivity contribution >= 4 is 0 Å². The van der Waals surface area contributed by atoms with Gasteiger partial charge in [0.05, 0.1) is 0 Å². The molecule has 1 atom stereocenters. The summed E-state index contributed by atoms with van der Waals surface area (Å²) in [5, 5.41) is 0. The monoisotopic (exact) mass is 181 g/mol. The van der Waals surface area contributed by atoms with Gasteiger partial charge >= 0.3 is 0 Å². The number of hydrogen-bond donors (Lipinski definition) is 1. The van der Waals surface area contributed by atoms with Crippen molar-refractivity contribution in [3.05, 3.63) is 12.3 Å². The summed E-state index contributed by atoms with van der Waals surface area (Å²) >= 11 is 0. The van der Waals surface area contributed by atoms with E-state index in [1.165, 1.54) is 38.5 Å². The zero-order chi connectivity index (χ0) is 9.68. The Balaban J connectivity index is 1.96. The molecule has 1 heteroatoms. The minimum absolute atomic E-state index is 0.843. The maximum atomic E-state index is 5.52. The van der Waals surface area contributed by atoms with Crippen LogP contribution in [0.25, 0.3) is 0 Å². The normalized spacial score (nSPS) is 19.5. The van der Waals surface area contributed by atoms with Gasteiger partial charge in [-0.3, -0.25) is 0 Å². The maximum Gasteiger partial charge on any atom is 0.000744 e. The molecule has 13 heavy (non-hydrogen) atoms. The van der Waals surface area contributed by atoms with Crippen molar-refractivity contribution in [3.8, 4) is 0 Å². The van der Waals surface area contributed by atoms with Crippen LogP contribution in [0.5, 0.6) is 0 Å². The Morgan fingerprint density at radius 1 is 1.54 bits per heavy atom. The summed E-state index contributed by atoms with van der Waals surface area (Å²) in [5.74, 6) is 1.95. The molecule has 0 aromatic carbocycles. The highest BCUT2D eigenvalue weighted by atomic mass is 14.5. The molecule has 1 rings (SSSR count). The smallest absolute Gasteiger partial charge is 0.000744 e. The van der Waals surface area contributed by atoms with Crippen molar-refractivity contribution < 1.29 is 0 Å². The number of nitrogens with two attached hydrogens (primary N) is 1. The second kappa shape index (κ2) is 5.31. The van der Waals surface area contributed by atoms with Crippen LogP contribution in [0.3, 0.4) is 0 Å². The fraction of sp³-hybridized carbons (Fsp3) is 0.833. The molecule has 0 heterocycles. The lowest BCUT2D eigenvalue weighted by molar-refractivity contribution is 0.249. The van der Waals surface area contributed by atoms with Gasteiger partial charge in [0.15, 0.2) is 0 Å². The first-order valence-corrected chi connectivity index (χ1v) is 5.61. The topological polar surface area (TPSA) is 26.0 Å². The van der Waals surface area contributed by atoms with Gasteiger partial charge in [0.2, 0.25) is 0 Å². The first kappa shape index (κ1) is 10.6. The molecular formula is C12H23N. The van der Waals surface area contributed by atoms with Gasteiger partial charge in [-0.1, -0.05) is 39.2 Å². The minimum atomic E-state index is 0.843. The highest BCUT2D eigenvalue weighted by Gasteiger charge is 2.19. The first-order chi connectivity index (χ1) is 6.18. The standard InChI is InChI=1S/C12H23N/c1-10(5-3-6-11(2)13)9-12-7-4-8-12/h10,12H,2-9,13H2,1H3. The largest absolute Gasteiger partial charge is 0.403 e. The van der Waals surface area contributed by atoms with Crippen LogP contribution in [-0.4, -0.2) is 0 Å². The van der Waals surface area contributed by atoms with E-state index < -0.39 is 0 Å². The van der Waals surface area contributed by atoms with Crippen LogP contribution in [-0.2, 0) is 0 Å². The Labute approximate surface area is 82.4 Å². The second-order valence-corrected chi connectivity index (χ2v) is 4.69. The van der Waals surface area contributed by atoms with Gasteiger partial charge in [-0.25, -0.2) is 0 Å². The summed E-state index contributed by atoms with van der Waals surface area (Å²) < 4.78 is 0. The third kappa shape index (κ3) is 4.35. The number of allylic oxidation sites excluding steroid dienone is 1. The van der Waals surface area contributed by atoms with E-state index in [4.69, 9.17) is 5.73 Å². The van der Waals surface area contributed by atoms with Crippen LogP contribution >= 0.6 is 0 Å². The van der Waals surface area contributed by atoms with Crippen LogP contribution in [0.4, 0.5) is 0 Å². The maximum absolute atomic E-state index is 5.52. The fourth-order valence-corrected chi connectivity index (χ4v) is 2.09. The lowest BCUT2D eigenvalue weighted by Gasteiger charge is -2.28. The molecule has 76 valence electrons. The predicted molar refractivity (Wildman–Crippen MR) is 58.3 cm³/mol. The van der Waals surface area contributed by atoms with Crippen molar-refractivity contribution in [2.45, 2.75) is 51.9 Å². The molecule has 0 radical (unpaired) electrons. The van der Waals surface area contributed by atoms with Crippen LogP contribution in [0.15, 0.2) is 12.3 Å². The Kier molecular flexibility index (Phi) is 4.34. The van der Waals surface area contributed by atoms with Crippen LogP contribution in [0.2, 0.25) is 0 Å². The molecule has 1 fully saturated rings. The van der Waals surface area contributed by atoms with Gasteiger partial charge in [-0.2, -0.15) is 0 Å². The van der Waals surface area contributed by atoms with Crippen molar-refractivity contribution in [3.63, 3.8) is 0 Å². The molecule has 1 aliphatic rings. The van der Waals surface area contributed by atoms with Crippen LogP contribution in [0.1, 0.15) is 51.9 Å². The van der Waals surface area contributed by atoms with Crippen molar-refractivity contribution in [1.29, 1.82) is 0 Å². The SMILES string of the molecule is C=C(N)CCCC(C)CC1CCC1. The zero-order valence-corrected chi connectivity index (χ0v) is 8.89. The summed E-state index contributed by atoms with van der Waals surface area (Å²) in [6, 6.07) is 0. The lowest BCUT2D eigenvalue weighted by Crippen LogP contribution is -2.14. The fourth-order valence-electron chi connectivity index (χ4n) is 2.09. The molecule has 0 amide bonds. The Morgan fingerprint density at radius 2 is 2.23 bits per heavy atom. The van der Waals surface area contributed by atoms with E-state index in [1.807, 2.05) is 0 Å². The molecule has 0 spiro atoms. The Bertz CT molecular complexity index is 159. The minimum Gasteiger partial charge on any atom is -0.403 e. The second-order valence-electron chi connectivity index (χ2n) is 4.69. The molecule has 0 saturated heterocycles. The Morgan fingerprint density at radius 3 is 2.69 bits per heavy atom. The summed E-state index contributed by atoms with van der Waals surface area (Å²) in [6.07, 6.45) is 9.43. The molecule has 1 saturated carbocycles. The zero-order valence-electron chi connectivity index (χ0n) is 8.89. The lowest BCUT2D eigenvalue weighted by atomic mass is 9.78. The van der Waals surface area contributed by atoms with E-state index in [1.54, 1.807) is 0 Å². The van der Waals surface area contributed by atoms with Gasteiger partial charge in [0.1, 0.15) is 0 Å². The predicted octanol–water partition coefficient (Wildman–Crippen LogP) is 3.46. The summed E-state index contributed by atoms with van der Waals surface area (Å²) in [4.78, 5) is 0. The van der Waals surface area contributed by atoms with E-state index in [0.717, 1.165) is 24.0 Å². The van der Waals surface area contributed by atoms with Gasteiger partial charge in [-0.15, -0.1) is 0 Å². The molecule has 0 aromatic heterocycles. The van der Waals surface area contributed by atoms with Crippen molar-refractivity contribution in [2.75, 3.05) is 0 Å². The van der Waals surface area contributed by atoms with Gasteiger partial charge in [-0.05, 0) is 31.1 Å². The van der Waals surface area contributed by atoms with E-state index in [2.05, 4.69) is 13.5 Å². The highest BCUT2D eigenvalue weighted by molar-refractivity contribution is 4.85. The van der Waals surface area contributed by atoms with Gasteiger partial charge < -0.3 is 5.73 Å². The molecule has 0 bridgehead atoms. The van der Waals surface area contributed by atoms with Crippen LogP contribution < -0.4 is 5.73 Å².